The lowest BCUT2D eigenvalue weighted by Gasteiger charge is -2.14. The normalized spacial score (nSPS) is 11.7. The molecule has 3 aromatic rings. The average molecular weight is 415 g/mol. The second-order valence-electron chi connectivity index (χ2n) is 8.01. The highest BCUT2D eigenvalue weighted by molar-refractivity contribution is 5.95. The lowest BCUT2D eigenvalue weighted by atomic mass is 9.94. The number of ether oxygens (including phenoxy) is 2. The van der Waals surface area contributed by atoms with E-state index in [4.69, 9.17) is 9.47 Å². The van der Waals surface area contributed by atoms with Gasteiger partial charge in [0.15, 0.2) is 0 Å². The fourth-order valence-electron chi connectivity index (χ4n) is 4.33. The predicted octanol–water partition coefficient (Wildman–Crippen LogP) is 7.06. The maximum atomic E-state index is 12.7. The Morgan fingerprint density at radius 3 is 2.52 bits per heavy atom. The molecule has 0 saturated carbocycles. The first-order valence-electron chi connectivity index (χ1n) is 11.4. The molecule has 0 aliphatic heterocycles. The minimum absolute atomic E-state index is 0.330. The van der Waals surface area contributed by atoms with Crippen molar-refractivity contribution in [3.05, 3.63) is 77.4 Å². The van der Waals surface area contributed by atoms with Crippen molar-refractivity contribution in [1.29, 1.82) is 0 Å². The number of benzene rings is 3. The molecule has 0 saturated heterocycles. The van der Waals surface area contributed by atoms with Gasteiger partial charge in [0.2, 0.25) is 0 Å². The number of carbonyl (C=O) groups excluding carboxylic acids is 1. The number of fused-ring (bicyclic) bond motifs is 3. The van der Waals surface area contributed by atoms with E-state index in [0.717, 1.165) is 30.4 Å². The van der Waals surface area contributed by atoms with Crippen molar-refractivity contribution in [2.24, 2.45) is 0 Å². The Labute approximate surface area is 185 Å². The van der Waals surface area contributed by atoms with Gasteiger partial charge >= 0.3 is 5.97 Å². The van der Waals surface area contributed by atoms with E-state index in [0.29, 0.717) is 24.5 Å². The van der Waals surface area contributed by atoms with E-state index < -0.39 is 0 Å². The molecule has 0 spiro atoms. The quantitative estimate of drug-likeness (QED) is 0.217. The SMILES string of the molecule is CCCCCCOc1ccc(-c2cccc3c2Cc2ccccc2-3)cc1C(=O)OCC. The number of esters is 1. The molecule has 0 atom stereocenters. The largest absolute Gasteiger partial charge is 0.493 e. The molecular formula is C28H30O3. The van der Waals surface area contributed by atoms with E-state index >= 15 is 0 Å². The predicted molar refractivity (Wildman–Crippen MR) is 126 cm³/mol. The van der Waals surface area contributed by atoms with Crippen LogP contribution in [0.3, 0.4) is 0 Å². The third-order valence-electron chi connectivity index (χ3n) is 5.89. The molecule has 3 heteroatoms. The smallest absolute Gasteiger partial charge is 0.341 e. The molecule has 0 radical (unpaired) electrons. The number of unbranched alkanes of at least 4 members (excludes halogenated alkanes) is 3. The summed E-state index contributed by atoms with van der Waals surface area (Å²) < 4.78 is 11.3. The van der Waals surface area contributed by atoms with Crippen LogP contribution in [0.15, 0.2) is 60.7 Å². The number of hydrogen-bond donors (Lipinski definition) is 0. The molecule has 1 aliphatic rings. The van der Waals surface area contributed by atoms with Gasteiger partial charge in [-0.3, -0.25) is 0 Å². The third-order valence-corrected chi connectivity index (χ3v) is 5.89. The summed E-state index contributed by atoms with van der Waals surface area (Å²) in [6.07, 6.45) is 5.43. The highest BCUT2D eigenvalue weighted by Crippen LogP contribution is 2.42. The van der Waals surface area contributed by atoms with E-state index in [1.165, 1.54) is 35.1 Å². The summed E-state index contributed by atoms with van der Waals surface area (Å²) in [6.45, 7) is 4.97. The van der Waals surface area contributed by atoms with Gasteiger partial charge in [0.1, 0.15) is 11.3 Å². The Bertz CT molecular complexity index is 1070. The van der Waals surface area contributed by atoms with E-state index in [1.54, 1.807) is 0 Å². The van der Waals surface area contributed by atoms with Crippen LogP contribution in [0, 0.1) is 0 Å². The molecule has 0 fully saturated rings. The molecule has 160 valence electrons. The highest BCUT2D eigenvalue weighted by atomic mass is 16.5. The van der Waals surface area contributed by atoms with Gasteiger partial charge in [-0.15, -0.1) is 0 Å². The second kappa shape index (κ2) is 9.82. The molecule has 31 heavy (non-hydrogen) atoms. The van der Waals surface area contributed by atoms with E-state index in [1.807, 2.05) is 19.1 Å². The summed E-state index contributed by atoms with van der Waals surface area (Å²) in [4.78, 5) is 12.7. The summed E-state index contributed by atoms with van der Waals surface area (Å²) >= 11 is 0. The highest BCUT2D eigenvalue weighted by Gasteiger charge is 2.22. The minimum Gasteiger partial charge on any atom is -0.493 e. The molecule has 4 rings (SSSR count). The van der Waals surface area contributed by atoms with Crippen LogP contribution in [-0.4, -0.2) is 19.2 Å². The van der Waals surface area contributed by atoms with Crippen molar-refractivity contribution in [2.75, 3.05) is 13.2 Å². The van der Waals surface area contributed by atoms with Crippen LogP contribution in [0.2, 0.25) is 0 Å². The zero-order valence-electron chi connectivity index (χ0n) is 18.4. The van der Waals surface area contributed by atoms with Crippen LogP contribution in [0.25, 0.3) is 22.3 Å². The standard InChI is InChI=1S/C28H30O3/c1-3-5-6-9-17-31-27-16-15-21(19-26(27)28(29)30-4-2)23-13-10-14-24-22-12-8-7-11-20(22)18-25(23)24/h7-8,10-16,19H,3-6,9,17-18H2,1-2H3. The van der Waals surface area contributed by atoms with Gasteiger partial charge in [-0.25, -0.2) is 4.79 Å². The van der Waals surface area contributed by atoms with Crippen LogP contribution in [0.5, 0.6) is 5.75 Å². The minimum atomic E-state index is -0.330. The Kier molecular flexibility index (Phi) is 6.71. The van der Waals surface area contributed by atoms with Crippen molar-refractivity contribution in [1.82, 2.24) is 0 Å². The lowest BCUT2D eigenvalue weighted by Crippen LogP contribution is -2.09. The lowest BCUT2D eigenvalue weighted by molar-refractivity contribution is 0.0521. The van der Waals surface area contributed by atoms with Crippen LogP contribution in [0.1, 0.15) is 61.0 Å². The first-order chi connectivity index (χ1) is 15.2. The molecule has 0 N–H and O–H groups in total. The van der Waals surface area contributed by atoms with E-state index in [-0.39, 0.29) is 5.97 Å². The summed E-state index contributed by atoms with van der Waals surface area (Å²) in [6, 6.07) is 20.9. The third kappa shape index (κ3) is 4.51. The summed E-state index contributed by atoms with van der Waals surface area (Å²) in [5.41, 5.74) is 7.93. The van der Waals surface area contributed by atoms with Crippen LogP contribution >= 0.6 is 0 Å². The molecule has 0 amide bonds. The first kappa shape index (κ1) is 21.2. The van der Waals surface area contributed by atoms with Gasteiger partial charge in [-0.05, 0) is 65.3 Å². The van der Waals surface area contributed by atoms with Crippen LogP contribution in [0.4, 0.5) is 0 Å². The number of carbonyl (C=O) groups is 1. The van der Waals surface area contributed by atoms with Crippen molar-refractivity contribution in [2.45, 2.75) is 46.0 Å². The van der Waals surface area contributed by atoms with Gasteiger partial charge in [-0.2, -0.15) is 0 Å². The van der Waals surface area contributed by atoms with E-state index in [2.05, 4.69) is 55.5 Å². The number of rotatable bonds is 9. The summed E-state index contributed by atoms with van der Waals surface area (Å²) in [5.74, 6) is 0.276. The maximum absolute atomic E-state index is 12.7. The zero-order valence-corrected chi connectivity index (χ0v) is 18.4. The van der Waals surface area contributed by atoms with Crippen molar-refractivity contribution in [3.63, 3.8) is 0 Å². The van der Waals surface area contributed by atoms with Gasteiger partial charge in [0, 0.05) is 0 Å². The van der Waals surface area contributed by atoms with Gasteiger partial charge in [0.05, 0.1) is 13.2 Å². The molecular weight excluding hydrogens is 384 g/mol. The first-order valence-corrected chi connectivity index (χ1v) is 11.4. The second-order valence-corrected chi connectivity index (χ2v) is 8.01. The van der Waals surface area contributed by atoms with Gasteiger partial charge in [-0.1, -0.05) is 74.7 Å². The molecule has 0 heterocycles. The topological polar surface area (TPSA) is 35.5 Å². The Morgan fingerprint density at radius 1 is 0.871 bits per heavy atom. The van der Waals surface area contributed by atoms with Crippen molar-refractivity contribution >= 4 is 5.97 Å². The van der Waals surface area contributed by atoms with Crippen molar-refractivity contribution in [3.8, 4) is 28.0 Å². The van der Waals surface area contributed by atoms with Crippen LogP contribution < -0.4 is 4.74 Å². The molecule has 3 aromatic carbocycles. The monoisotopic (exact) mass is 414 g/mol. The molecule has 0 aromatic heterocycles. The molecule has 0 unspecified atom stereocenters. The molecule has 3 nitrogen and oxygen atoms in total. The maximum Gasteiger partial charge on any atom is 0.341 e. The zero-order chi connectivity index (χ0) is 21.6. The van der Waals surface area contributed by atoms with E-state index in [9.17, 15) is 4.79 Å². The average Bonchev–Trinajstić information content (AvgIpc) is 3.18. The van der Waals surface area contributed by atoms with Gasteiger partial charge < -0.3 is 9.47 Å². The van der Waals surface area contributed by atoms with Crippen LogP contribution in [-0.2, 0) is 11.2 Å². The fourth-order valence-corrected chi connectivity index (χ4v) is 4.33. The Balaban J connectivity index is 1.66. The Morgan fingerprint density at radius 2 is 1.68 bits per heavy atom. The molecule has 1 aliphatic carbocycles. The molecule has 0 bridgehead atoms. The summed E-state index contributed by atoms with van der Waals surface area (Å²) in [7, 11) is 0. The number of hydrogen-bond acceptors (Lipinski definition) is 3. The summed E-state index contributed by atoms with van der Waals surface area (Å²) in [5, 5.41) is 0. The van der Waals surface area contributed by atoms with Crippen molar-refractivity contribution < 1.29 is 14.3 Å². The Hall–Kier alpha value is -3.07. The fraction of sp³-hybridized carbons (Fsp3) is 0.321. The van der Waals surface area contributed by atoms with Gasteiger partial charge in [0.25, 0.3) is 0 Å².